The van der Waals surface area contributed by atoms with E-state index in [1.54, 1.807) is 18.2 Å². The van der Waals surface area contributed by atoms with Crippen molar-refractivity contribution in [2.24, 2.45) is 0 Å². The zero-order valence-electron chi connectivity index (χ0n) is 11.7. The largest absolute Gasteiger partial charge is 0.398 e. The van der Waals surface area contributed by atoms with Gasteiger partial charge in [-0.05, 0) is 36.4 Å². The fourth-order valence-electron chi connectivity index (χ4n) is 1.91. The van der Waals surface area contributed by atoms with Crippen molar-refractivity contribution < 1.29 is 9.18 Å². The number of carbonyl (C=O) groups excluding carboxylic acids is 1. The Morgan fingerprint density at radius 2 is 1.95 bits per heavy atom. The van der Waals surface area contributed by atoms with Crippen LogP contribution in [0, 0.1) is 5.82 Å². The van der Waals surface area contributed by atoms with E-state index >= 15 is 0 Å². The van der Waals surface area contributed by atoms with Crippen LogP contribution in [0.5, 0.6) is 0 Å². The molecule has 0 saturated carbocycles. The number of hydrogen-bond acceptors (Lipinski definition) is 3. The average Bonchev–Trinajstić information content (AvgIpc) is 2.41. The van der Waals surface area contributed by atoms with Crippen molar-refractivity contribution in [3.63, 3.8) is 0 Å². The Bertz CT molecular complexity index is 689. The van der Waals surface area contributed by atoms with Gasteiger partial charge in [0.15, 0.2) is 0 Å². The summed E-state index contributed by atoms with van der Waals surface area (Å²) in [6.45, 7) is 0. The van der Waals surface area contributed by atoms with Crippen LogP contribution < -0.4 is 16.0 Å². The highest BCUT2D eigenvalue weighted by Crippen LogP contribution is 2.28. The van der Waals surface area contributed by atoms with Crippen molar-refractivity contribution in [3.8, 4) is 0 Å². The summed E-state index contributed by atoms with van der Waals surface area (Å²) in [4.78, 5) is 14.1. The van der Waals surface area contributed by atoms with Crippen LogP contribution in [0.25, 0.3) is 0 Å². The topological polar surface area (TPSA) is 58.4 Å². The van der Waals surface area contributed by atoms with E-state index in [0.29, 0.717) is 10.7 Å². The van der Waals surface area contributed by atoms with E-state index in [1.165, 1.54) is 12.1 Å². The second-order valence-electron chi connectivity index (χ2n) is 4.74. The number of hydrogen-bond donors (Lipinski definition) is 2. The molecular weight excluding hydrogens is 293 g/mol. The highest BCUT2D eigenvalue weighted by molar-refractivity contribution is 6.31. The summed E-state index contributed by atoms with van der Waals surface area (Å²) in [5.74, 6) is -1.01. The fraction of sp³-hybridized carbons (Fsp3) is 0.133. The number of halogens is 2. The molecule has 0 bridgehead atoms. The Morgan fingerprint density at radius 3 is 2.62 bits per heavy atom. The van der Waals surface area contributed by atoms with Gasteiger partial charge < -0.3 is 16.0 Å². The maximum absolute atomic E-state index is 13.3. The predicted octanol–water partition coefficient (Wildman–Crippen LogP) is 3.38. The normalized spacial score (nSPS) is 10.3. The molecule has 0 aliphatic heterocycles. The number of nitrogen functional groups attached to an aromatic ring is 1. The van der Waals surface area contributed by atoms with Crippen LogP contribution in [0.1, 0.15) is 10.4 Å². The van der Waals surface area contributed by atoms with Crippen LogP contribution in [0.2, 0.25) is 5.02 Å². The lowest BCUT2D eigenvalue weighted by Crippen LogP contribution is -2.18. The third-order valence-electron chi connectivity index (χ3n) is 2.95. The van der Waals surface area contributed by atoms with Gasteiger partial charge in [0, 0.05) is 24.8 Å². The van der Waals surface area contributed by atoms with Gasteiger partial charge in [0.25, 0.3) is 5.91 Å². The third kappa shape index (κ3) is 3.44. The Hall–Kier alpha value is -2.27. The van der Waals surface area contributed by atoms with Crippen molar-refractivity contribution >= 4 is 34.6 Å². The van der Waals surface area contributed by atoms with Crippen LogP contribution in [-0.4, -0.2) is 20.0 Å². The van der Waals surface area contributed by atoms with Crippen molar-refractivity contribution in [1.29, 1.82) is 0 Å². The molecule has 0 unspecified atom stereocenters. The Labute approximate surface area is 127 Å². The highest BCUT2D eigenvalue weighted by atomic mass is 35.5. The van der Waals surface area contributed by atoms with Gasteiger partial charge in [-0.2, -0.15) is 0 Å². The maximum atomic E-state index is 13.3. The van der Waals surface area contributed by atoms with Crippen molar-refractivity contribution in [1.82, 2.24) is 0 Å². The van der Waals surface area contributed by atoms with E-state index in [2.05, 4.69) is 5.32 Å². The van der Waals surface area contributed by atoms with Gasteiger partial charge >= 0.3 is 0 Å². The second-order valence-corrected chi connectivity index (χ2v) is 5.18. The lowest BCUT2D eigenvalue weighted by Gasteiger charge is -2.18. The quantitative estimate of drug-likeness (QED) is 0.855. The highest BCUT2D eigenvalue weighted by Gasteiger charge is 2.14. The lowest BCUT2D eigenvalue weighted by atomic mass is 10.1. The minimum Gasteiger partial charge on any atom is -0.398 e. The average molecular weight is 308 g/mol. The molecule has 2 aromatic rings. The van der Waals surface area contributed by atoms with E-state index in [9.17, 15) is 9.18 Å². The number of carbonyl (C=O) groups is 1. The number of nitrogens with zero attached hydrogens (tertiary/aromatic N) is 1. The maximum Gasteiger partial charge on any atom is 0.257 e. The number of amides is 1. The molecule has 0 aromatic heterocycles. The summed E-state index contributed by atoms with van der Waals surface area (Å²) >= 11 is 5.95. The molecule has 0 aliphatic rings. The van der Waals surface area contributed by atoms with Gasteiger partial charge in [-0.1, -0.05) is 11.6 Å². The molecular formula is C15H15ClFN3O. The van der Waals surface area contributed by atoms with Crippen molar-refractivity contribution in [2.45, 2.75) is 0 Å². The van der Waals surface area contributed by atoms with Gasteiger partial charge in [0.2, 0.25) is 0 Å². The monoisotopic (exact) mass is 307 g/mol. The van der Waals surface area contributed by atoms with E-state index in [1.807, 2.05) is 19.0 Å². The second kappa shape index (κ2) is 6.01. The molecule has 0 spiro atoms. The molecule has 0 fully saturated rings. The van der Waals surface area contributed by atoms with Gasteiger partial charge in [0.1, 0.15) is 5.82 Å². The Balaban J connectivity index is 2.35. The molecule has 4 nitrogen and oxygen atoms in total. The molecule has 0 atom stereocenters. The van der Waals surface area contributed by atoms with Crippen LogP contribution in [0.15, 0.2) is 36.4 Å². The fourth-order valence-corrected chi connectivity index (χ4v) is 2.09. The van der Waals surface area contributed by atoms with Crippen LogP contribution in [0.4, 0.5) is 21.5 Å². The molecule has 2 rings (SSSR count). The molecule has 1 amide bonds. The molecule has 0 aliphatic carbocycles. The molecule has 21 heavy (non-hydrogen) atoms. The SMILES string of the molecule is CN(C)c1ccc(Cl)cc1NC(=O)c1cc(F)ccc1N. The third-order valence-corrected chi connectivity index (χ3v) is 3.18. The van der Waals surface area contributed by atoms with E-state index in [-0.39, 0.29) is 11.3 Å². The number of nitrogens with one attached hydrogen (secondary N) is 1. The molecule has 3 N–H and O–H groups in total. The summed E-state index contributed by atoms with van der Waals surface area (Å²) in [5, 5.41) is 3.19. The lowest BCUT2D eigenvalue weighted by molar-refractivity contribution is 0.102. The Morgan fingerprint density at radius 1 is 1.24 bits per heavy atom. The van der Waals surface area contributed by atoms with Crippen LogP contribution in [-0.2, 0) is 0 Å². The first-order chi connectivity index (χ1) is 9.88. The Kier molecular flexibility index (Phi) is 4.33. The molecule has 0 saturated heterocycles. The molecule has 6 heteroatoms. The van der Waals surface area contributed by atoms with Crippen molar-refractivity contribution in [2.75, 3.05) is 30.0 Å². The summed E-state index contributed by atoms with van der Waals surface area (Å²) in [6, 6.07) is 8.80. The van der Waals surface area contributed by atoms with E-state index in [4.69, 9.17) is 17.3 Å². The number of rotatable bonds is 3. The first kappa shape index (κ1) is 15.1. The number of anilines is 3. The zero-order chi connectivity index (χ0) is 15.6. The standard InChI is InChI=1S/C15H15ClFN3O/c1-20(2)14-6-3-9(16)7-13(14)19-15(21)11-8-10(17)4-5-12(11)18/h3-8H,18H2,1-2H3,(H,19,21). The van der Waals surface area contributed by atoms with Crippen molar-refractivity contribution in [3.05, 3.63) is 52.8 Å². The van der Waals surface area contributed by atoms with E-state index in [0.717, 1.165) is 11.8 Å². The number of nitrogens with two attached hydrogens (primary N) is 1. The molecule has 110 valence electrons. The smallest absolute Gasteiger partial charge is 0.257 e. The van der Waals surface area contributed by atoms with Crippen LogP contribution >= 0.6 is 11.6 Å². The van der Waals surface area contributed by atoms with Crippen LogP contribution in [0.3, 0.4) is 0 Å². The van der Waals surface area contributed by atoms with Gasteiger partial charge in [-0.25, -0.2) is 4.39 Å². The van der Waals surface area contributed by atoms with Gasteiger partial charge in [0.05, 0.1) is 16.9 Å². The summed E-state index contributed by atoms with van der Waals surface area (Å²) in [5.41, 5.74) is 7.31. The first-order valence-corrected chi connectivity index (χ1v) is 6.59. The number of benzene rings is 2. The predicted molar refractivity (Wildman–Crippen MR) is 84.5 cm³/mol. The molecule has 2 aromatic carbocycles. The van der Waals surface area contributed by atoms with Gasteiger partial charge in [-0.15, -0.1) is 0 Å². The van der Waals surface area contributed by atoms with E-state index < -0.39 is 11.7 Å². The first-order valence-electron chi connectivity index (χ1n) is 6.21. The molecule has 0 radical (unpaired) electrons. The summed E-state index contributed by atoms with van der Waals surface area (Å²) in [6.07, 6.45) is 0. The zero-order valence-corrected chi connectivity index (χ0v) is 12.4. The summed E-state index contributed by atoms with van der Waals surface area (Å²) in [7, 11) is 3.69. The minimum atomic E-state index is -0.520. The van der Waals surface area contributed by atoms with Gasteiger partial charge in [-0.3, -0.25) is 4.79 Å². The molecule has 0 heterocycles. The summed E-state index contributed by atoms with van der Waals surface area (Å²) < 4.78 is 13.3. The minimum absolute atomic E-state index is 0.0830.